The summed E-state index contributed by atoms with van der Waals surface area (Å²) < 4.78 is 2.68. The molecule has 0 unspecified atom stereocenters. The van der Waals surface area contributed by atoms with Crippen LogP contribution in [0.4, 0.5) is 5.69 Å². The predicted molar refractivity (Wildman–Crippen MR) is 145 cm³/mol. The molecule has 194 valence electrons. The fourth-order valence-corrected chi connectivity index (χ4v) is 5.07. The molecule has 0 spiro atoms. The van der Waals surface area contributed by atoms with E-state index in [4.69, 9.17) is 5.26 Å². The van der Waals surface area contributed by atoms with E-state index in [0.717, 1.165) is 16.0 Å². The lowest BCUT2D eigenvalue weighted by Gasteiger charge is -2.15. The highest BCUT2D eigenvalue weighted by Gasteiger charge is 2.23. The molecule has 0 saturated heterocycles. The van der Waals surface area contributed by atoms with E-state index in [9.17, 15) is 19.5 Å². The molecule has 9 nitrogen and oxygen atoms in total. The highest BCUT2D eigenvalue weighted by molar-refractivity contribution is 7.20. The van der Waals surface area contributed by atoms with Gasteiger partial charge in [0.1, 0.15) is 6.04 Å². The number of rotatable bonds is 10. The number of aromatic nitrogens is 2. The number of thiophene rings is 1. The molecular weight excluding hydrogens is 502 g/mol. The number of benzene rings is 2. The van der Waals surface area contributed by atoms with Gasteiger partial charge in [0, 0.05) is 34.2 Å². The first kappa shape index (κ1) is 26.6. The first-order valence-corrected chi connectivity index (χ1v) is 12.9. The van der Waals surface area contributed by atoms with Gasteiger partial charge < -0.3 is 20.3 Å². The smallest absolute Gasteiger partial charge is 0.326 e. The molecule has 0 fully saturated rings. The number of nitrogens with one attached hydrogen (secondary N) is 2. The molecule has 0 bridgehead atoms. The number of anilines is 1. The SMILES string of the molecule is CC(C)C[C@H](NC(=O)c1cc2c(NC(=O)Cc3cncn3Cc3ccc(C#N)cc3)cccc2s1)C(=O)O. The second-order valence-corrected chi connectivity index (χ2v) is 10.5. The zero-order valence-corrected chi connectivity index (χ0v) is 21.8. The number of nitrogens with zero attached hydrogens (tertiary/aromatic N) is 3. The number of carbonyl (C=O) groups excluding carboxylic acids is 2. The second kappa shape index (κ2) is 11.7. The average molecular weight is 530 g/mol. The van der Waals surface area contributed by atoms with E-state index in [2.05, 4.69) is 21.7 Å². The maximum Gasteiger partial charge on any atom is 0.326 e. The Hall–Kier alpha value is -4.49. The normalized spacial score (nSPS) is 11.7. The number of hydrogen-bond acceptors (Lipinski definition) is 6. The molecule has 1 atom stereocenters. The molecule has 2 heterocycles. The number of aliphatic carboxylic acids is 1. The molecule has 0 radical (unpaired) electrons. The van der Waals surface area contributed by atoms with Gasteiger partial charge in [0.05, 0.1) is 29.3 Å². The molecule has 0 aliphatic carbocycles. The van der Waals surface area contributed by atoms with Crippen LogP contribution < -0.4 is 10.6 Å². The summed E-state index contributed by atoms with van der Waals surface area (Å²) in [5, 5.41) is 24.7. The fraction of sp³-hybridized carbons (Fsp3) is 0.250. The lowest BCUT2D eigenvalue weighted by molar-refractivity contribution is -0.139. The topological polar surface area (TPSA) is 137 Å². The Balaban J connectivity index is 1.46. The van der Waals surface area contributed by atoms with Gasteiger partial charge in [-0.25, -0.2) is 9.78 Å². The van der Waals surface area contributed by atoms with Crippen molar-refractivity contribution in [1.29, 1.82) is 5.26 Å². The van der Waals surface area contributed by atoms with Crippen molar-refractivity contribution in [3.05, 3.63) is 82.8 Å². The molecule has 38 heavy (non-hydrogen) atoms. The summed E-state index contributed by atoms with van der Waals surface area (Å²) >= 11 is 1.24. The number of fused-ring (bicyclic) bond motifs is 1. The second-order valence-electron chi connectivity index (χ2n) is 9.37. The standard InChI is InChI=1S/C28H27N5O4S/c1-17(2)10-23(28(36)37)32-27(35)25-12-21-22(4-3-5-24(21)38-25)31-26(34)11-20-14-30-16-33(20)15-19-8-6-18(13-29)7-9-19/h3-9,12,14,16-17,23H,10-11,15H2,1-2H3,(H,31,34)(H,32,35)(H,36,37)/t23-/m0/s1. The molecule has 2 aromatic heterocycles. The lowest BCUT2D eigenvalue weighted by Crippen LogP contribution is -2.41. The van der Waals surface area contributed by atoms with Crippen LogP contribution in [0.3, 0.4) is 0 Å². The minimum atomic E-state index is -1.07. The largest absolute Gasteiger partial charge is 0.480 e. The van der Waals surface area contributed by atoms with Crippen LogP contribution in [0.15, 0.2) is 61.1 Å². The molecule has 0 aliphatic heterocycles. The van der Waals surface area contributed by atoms with Crippen LogP contribution in [0.25, 0.3) is 10.1 Å². The number of imidazole rings is 1. The van der Waals surface area contributed by atoms with E-state index in [1.165, 1.54) is 11.3 Å². The van der Waals surface area contributed by atoms with Gasteiger partial charge in [-0.05, 0) is 48.2 Å². The van der Waals surface area contributed by atoms with E-state index in [0.29, 0.717) is 34.5 Å². The summed E-state index contributed by atoms with van der Waals surface area (Å²) in [6.07, 6.45) is 3.73. The summed E-state index contributed by atoms with van der Waals surface area (Å²) in [5.74, 6) is -1.65. The Morgan fingerprint density at radius 3 is 2.61 bits per heavy atom. The lowest BCUT2D eigenvalue weighted by atomic mass is 10.0. The van der Waals surface area contributed by atoms with Gasteiger partial charge in [0.15, 0.2) is 0 Å². The Kier molecular flexibility index (Phi) is 8.19. The molecule has 2 aromatic carbocycles. The van der Waals surface area contributed by atoms with Gasteiger partial charge in [-0.2, -0.15) is 5.26 Å². The molecular formula is C28H27N5O4S. The van der Waals surface area contributed by atoms with Crippen LogP contribution >= 0.6 is 11.3 Å². The average Bonchev–Trinajstić information content (AvgIpc) is 3.51. The number of hydrogen-bond donors (Lipinski definition) is 3. The molecule has 0 aliphatic rings. The third kappa shape index (κ3) is 6.44. The van der Waals surface area contributed by atoms with Crippen molar-refractivity contribution in [3.8, 4) is 6.07 Å². The predicted octanol–water partition coefficient (Wildman–Crippen LogP) is 4.43. The monoisotopic (exact) mass is 529 g/mol. The Labute approximate surface area is 223 Å². The minimum Gasteiger partial charge on any atom is -0.480 e. The molecule has 0 saturated carbocycles. The molecule has 2 amide bonds. The summed E-state index contributed by atoms with van der Waals surface area (Å²) in [4.78, 5) is 41.9. The van der Waals surface area contributed by atoms with Crippen molar-refractivity contribution in [1.82, 2.24) is 14.9 Å². The van der Waals surface area contributed by atoms with Crippen molar-refractivity contribution < 1.29 is 19.5 Å². The molecule has 3 N–H and O–H groups in total. The van der Waals surface area contributed by atoms with Gasteiger partial charge in [0.2, 0.25) is 5.91 Å². The summed E-state index contributed by atoms with van der Waals surface area (Å²) in [6, 6.07) is 15.5. The molecule has 4 aromatic rings. The van der Waals surface area contributed by atoms with E-state index in [1.807, 2.05) is 36.6 Å². The van der Waals surface area contributed by atoms with E-state index < -0.39 is 17.9 Å². The van der Waals surface area contributed by atoms with Crippen LogP contribution in [0.2, 0.25) is 0 Å². The van der Waals surface area contributed by atoms with Crippen LogP contribution in [0.1, 0.15) is 46.8 Å². The van der Waals surface area contributed by atoms with E-state index in [1.54, 1.807) is 42.9 Å². The minimum absolute atomic E-state index is 0.0969. The highest BCUT2D eigenvalue weighted by Crippen LogP contribution is 2.31. The Morgan fingerprint density at radius 1 is 1.16 bits per heavy atom. The van der Waals surface area contributed by atoms with Crippen LogP contribution in [0, 0.1) is 17.2 Å². The van der Waals surface area contributed by atoms with Gasteiger partial charge >= 0.3 is 5.97 Å². The molecule has 4 rings (SSSR count). The van der Waals surface area contributed by atoms with E-state index in [-0.39, 0.29) is 18.2 Å². The van der Waals surface area contributed by atoms with Crippen molar-refractivity contribution in [2.45, 2.75) is 39.3 Å². The third-order valence-electron chi connectivity index (χ3n) is 5.95. The van der Waals surface area contributed by atoms with Crippen molar-refractivity contribution in [3.63, 3.8) is 0 Å². The number of amides is 2. The maximum absolute atomic E-state index is 12.9. The number of carboxylic acid groups (broad SMARTS) is 1. The number of carbonyl (C=O) groups is 3. The number of nitriles is 1. The van der Waals surface area contributed by atoms with Gasteiger partial charge in [-0.15, -0.1) is 11.3 Å². The number of carboxylic acids is 1. The first-order chi connectivity index (χ1) is 18.2. The third-order valence-corrected chi connectivity index (χ3v) is 7.05. The highest BCUT2D eigenvalue weighted by atomic mass is 32.1. The zero-order chi connectivity index (χ0) is 27.2. The summed E-state index contributed by atoms with van der Waals surface area (Å²) in [7, 11) is 0. The Bertz CT molecular complexity index is 1510. The summed E-state index contributed by atoms with van der Waals surface area (Å²) in [5.41, 5.74) is 2.86. The van der Waals surface area contributed by atoms with Crippen molar-refractivity contribution in [2.24, 2.45) is 5.92 Å². The zero-order valence-electron chi connectivity index (χ0n) is 21.0. The summed E-state index contributed by atoms with van der Waals surface area (Å²) in [6.45, 7) is 4.31. The van der Waals surface area contributed by atoms with Gasteiger partial charge in [0.25, 0.3) is 5.91 Å². The van der Waals surface area contributed by atoms with E-state index >= 15 is 0 Å². The Morgan fingerprint density at radius 2 is 1.92 bits per heavy atom. The van der Waals surface area contributed by atoms with Crippen molar-refractivity contribution in [2.75, 3.05) is 5.32 Å². The van der Waals surface area contributed by atoms with Crippen LogP contribution in [0.5, 0.6) is 0 Å². The van der Waals surface area contributed by atoms with Crippen molar-refractivity contribution >= 4 is 44.9 Å². The molecule has 10 heteroatoms. The van der Waals surface area contributed by atoms with Crippen LogP contribution in [-0.2, 0) is 22.6 Å². The fourth-order valence-electron chi connectivity index (χ4n) is 4.08. The van der Waals surface area contributed by atoms with Gasteiger partial charge in [-0.3, -0.25) is 9.59 Å². The van der Waals surface area contributed by atoms with Crippen LogP contribution in [-0.4, -0.2) is 38.5 Å². The maximum atomic E-state index is 12.9. The quantitative estimate of drug-likeness (QED) is 0.278. The first-order valence-electron chi connectivity index (χ1n) is 12.1. The van der Waals surface area contributed by atoms with Gasteiger partial charge in [-0.1, -0.05) is 32.0 Å².